The molecule has 3 nitrogen and oxygen atoms in total. The summed E-state index contributed by atoms with van der Waals surface area (Å²) < 4.78 is 0.455. The first kappa shape index (κ1) is 19.1. The molecule has 0 aromatic heterocycles. The monoisotopic (exact) mass is 336 g/mol. The molecule has 0 saturated carbocycles. The highest BCUT2D eigenvalue weighted by molar-refractivity contribution is 5.85. The Morgan fingerprint density at radius 1 is 1.04 bits per heavy atom. The summed E-state index contributed by atoms with van der Waals surface area (Å²) in [5.41, 5.74) is 0.723. The highest BCUT2D eigenvalue weighted by atomic mass is 16.3. The molecule has 0 N–H and O–H groups in total. The molecule has 0 bridgehead atoms. The molecule has 0 unspecified atom stereocenters. The molecule has 0 aliphatic heterocycles. The van der Waals surface area contributed by atoms with Gasteiger partial charge in [0, 0.05) is 0 Å². The van der Waals surface area contributed by atoms with Crippen molar-refractivity contribution < 1.29 is 9.59 Å². The molecular formula is C22H28N2O. The van der Waals surface area contributed by atoms with E-state index in [1.165, 1.54) is 0 Å². The van der Waals surface area contributed by atoms with Crippen LogP contribution in [0.3, 0.4) is 0 Å². The smallest absolute Gasteiger partial charge is 0.144 e. The molecule has 2 aromatic rings. The second-order valence-corrected chi connectivity index (χ2v) is 6.81. The molecule has 0 aliphatic rings. The van der Waals surface area contributed by atoms with Crippen molar-refractivity contribution in [3.63, 3.8) is 0 Å². The molecule has 0 radical (unpaired) electrons. The fraction of sp³-hybridized carbons (Fsp3) is 0.364. The van der Waals surface area contributed by atoms with Gasteiger partial charge in [0.05, 0.1) is 26.8 Å². The highest BCUT2D eigenvalue weighted by Gasteiger charge is 2.10. The SMILES string of the molecule is CCN(CC)CC#CC[N+](C)(C)/C=C(\[O-])c1ccc2ccccc2c1. The predicted molar refractivity (Wildman–Crippen MR) is 104 cm³/mol. The van der Waals surface area contributed by atoms with Gasteiger partial charge in [0.1, 0.15) is 6.54 Å². The zero-order valence-corrected chi connectivity index (χ0v) is 15.7. The maximum Gasteiger partial charge on any atom is 0.144 e. The Morgan fingerprint density at radius 3 is 2.40 bits per heavy atom. The molecule has 0 aliphatic carbocycles. The first-order chi connectivity index (χ1) is 11.9. The molecule has 3 heteroatoms. The third-order valence-electron chi connectivity index (χ3n) is 4.31. The van der Waals surface area contributed by atoms with E-state index in [0.717, 1.165) is 36.0 Å². The Hall–Kier alpha value is -2.28. The van der Waals surface area contributed by atoms with Gasteiger partial charge in [-0.1, -0.05) is 56.2 Å². The zero-order valence-electron chi connectivity index (χ0n) is 15.7. The molecule has 2 rings (SSSR count). The summed E-state index contributed by atoms with van der Waals surface area (Å²) in [6, 6.07) is 13.9. The predicted octanol–water partition coefficient (Wildman–Crippen LogP) is 2.92. The molecular weight excluding hydrogens is 308 g/mol. The third-order valence-corrected chi connectivity index (χ3v) is 4.31. The second kappa shape index (κ2) is 8.71. The molecule has 132 valence electrons. The number of hydrogen-bond donors (Lipinski definition) is 0. The summed E-state index contributed by atoms with van der Waals surface area (Å²) >= 11 is 0. The number of hydrogen-bond acceptors (Lipinski definition) is 2. The van der Waals surface area contributed by atoms with Crippen LogP contribution >= 0.6 is 0 Å². The number of quaternary nitrogens is 1. The lowest BCUT2D eigenvalue weighted by atomic mass is 10.1. The van der Waals surface area contributed by atoms with Crippen molar-refractivity contribution in [3.8, 4) is 11.8 Å². The van der Waals surface area contributed by atoms with Crippen molar-refractivity contribution in [2.45, 2.75) is 13.8 Å². The Bertz CT molecular complexity index is 792. The van der Waals surface area contributed by atoms with Crippen molar-refractivity contribution in [1.82, 2.24) is 4.90 Å². The van der Waals surface area contributed by atoms with Crippen LogP contribution in [0.1, 0.15) is 19.4 Å². The van der Waals surface area contributed by atoms with E-state index in [9.17, 15) is 5.11 Å². The number of nitrogens with zero attached hydrogens (tertiary/aromatic N) is 2. The van der Waals surface area contributed by atoms with E-state index >= 15 is 0 Å². The van der Waals surface area contributed by atoms with E-state index < -0.39 is 0 Å². The largest absolute Gasteiger partial charge is 0.868 e. The third kappa shape index (κ3) is 5.63. The van der Waals surface area contributed by atoms with E-state index in [1.54, 1.807) is 6.20 Å². The minimum absolute atomic E-state index is 0.0429. The summed E-state index contributed by atoms with van der Waals surface area (Å²) in [5.74, 6) is 6.46. The number of fused-ring (bicyclic) bond motifs is 1. The molecule has 0 heterocycles. The number of rotatable bonds is 6. The standard InChI is InChI=1S/C22H28N2O/c1-5-23(6-2)15-9-10-16-24(3,4)18-22(25)21-14-13-19-11-7-8-12-20(19)17-21/h7-8,11-14,17-18H,5-6,15-16H2,1-4H3/b22-18-. The lowest BCUT2D eigenvalue weighted by Crippen LogP contribution is -2.35. The first-order valence-electron chi connectivity index (χ1n) is 8.85. The molecule has 0 fully saturated rings. The average molecular weight is 336 g/mol. The quantitative estimate of drug-likeness (QED) is 0.461. The summed E-state index contributed by atoms with van der Waals surface area (Å²) in [6.07, 6.45) is 1.75. The molecule has 2 aromatic carbocycles. The van der Waals surface area contributed by atoms with Gasteiger partial charge in [0.25, 0.3) is 0 Å². The van der Waals surface area contributed by atoms with Crippen molar-refractivity contribution in [2.24, 2.45) is 0 Å². The lowest BCUT2D eigenvalue weighted by molar-refractivity contribution is -0.831. The lowest BCUT2D eigenvalue weighted by Gasteiger charge is -2.26. The Balaban J connectivity index is 2.09. The van der Waals surface area contributed by atoms with Gasteiger partial charge in [0.15, 0.2) is 0 Å². The van der Waals surface area contributed by atoms with E-state index in [2.05, 4.69) is 36.7 Å². The van der Waals surface area contributed by atoms with Gasteiger partial charge in [-0.25, -0.2) is 0 Å². The van der Waals surface area contributed by atoms with Crippen LogP contribution in [0.5, 0.6) is 0 Å². The molecule has 0 spiro atoms. The first-order valence-corrected chi connectivity index (χ1v) is 8.85. The summed E-state index contributed by atoms with van der Waals surface area (Å²) in [6.45, 7) is 7.71. The van der Waals surface area contributed by atoms with Crippen LogP contribution in [0.25, 0.3) is 16.5 Å². The fourth-order valence-corrected chi connectivity index (χ4v) is 2.65. The fourth-order valence-electron chi connectivity index (χ4n) is 2.65. The van der Waals surface area contributed by atoms with Gasteiger partial charge >= 0.3 is 0 Å². The van der Waals surface area contributed by atoms with Crippen LogP contribution in [0, 0.1) is 11.8 Å². The maximum atomic E-state index is 12.6. The van der Waals surface area contributed by atoms with Crippen LogP contribution in [0.4, 0.5) is 0 Å². The summed E-state index contributed by atoms with van der Waals surface area (Å²) in [5, 5.41) is 14.8. The Morgan fingerprint density at radius 2 is 1.72 bits per heavy atom. The van der Waals surface area contributed by atoms with E-state index in [-0.39, 0.29) is 5.76 Å². The Kier molecular flexibility index (Phi) is 6.64. The maximum absolute atomic E-state index is 12.6. The number of benzene rings is 2. The van der Waals surface area contributed by atoms with Gasteiger partial charge in [-0.3, -0.25) is 9.38 Å². The minimum Gasteiger partial charge on any atom is -0.868 e. The normalized spacial score (nSPS) is 12.3. The van der Waals surface area contributed by atoms with Crippen molar-refractivity contribution >= 4 is 16.5 Å². The highest BCUT2D eigenvalue weighted by Crippen LogP contribution is 2.19. The van der Waals surface area contributed by atoms with Crippen LogP contribution in [0.15, 0.2) is 48.7 Å². The van der Waals surface area contributed by atoms with Crippen LogP contribution in [0.2, 0.25) is 0 Å². The van der Waals surface area contributed by atoms with E-state index in [4.69, 9.17) is 0 Å². The van der Waals surface area contributed by atoms with Crippen molar-refractivity contribution in [1.29, 1.82) is 0 Å². The molecule has 25 heavy (non-hydrogen) atoms. The van der Waals surface area contributed by atoms with E-state index in [1.807, 2.05) is 50.5 Å². The van der Waals surface area contributed by atoms with Gasteiger partial charge < -0.3 is 5.11 Å². The van der Waals surface area contributed by atoms with Crippen LogP contribution in [-0.2, 0) is 0 Å². The molecule has 0 saturated heterocycles. The molecule has 0 amide bonds. The van der Waals surface area contributed by atoms with Gasteiger partial charge in [-0.2, -0.15) is 0 Å². The summed E-state index contributed by atoms with van der Waals surface area (Å²) in [4.78, 5) is 2.27. The second-order valence-electron chi connectivity index (χ2n) is 6.81. The van der Waals surface area contributed by atoms with E-state index in [0.29, 0.717) is 11.0 Å². The zero-order chi connectivity index (χ0) is 18.3. The van der Waals surface area contributed by atoms with Crippen molar-refractivity contribution in [3.05, 3.63) is 54.2 Å². The minimum atomic E-state index is 0.0429. The summed E-state index contributed by atoms with van der Waals surface area (Å²) in [7, 11) is 4.01. The topological polar surface area (TPSA) is 26.3 Å². The van der Waals surface area contributed by atoms with Crippen molar-refractivity contribution in [2.75, 3.05) is 40.3 Å². The van der Waals surface area contributed by atoms with Gasteiger partial charge in [-0.15, -0.1) is 0 Å². The van der Waals surface area contributed by atoms with Gasteiger partial charge in [0.2, 0.25) is 0 Å². The Labute approximate surface area is 151 Å². The average Bonchev–Trinajstić information content (AvgIpc) is 2.61. The van der Waals surface area contributed by atoms with Crippen LogP contribution < -0.4 is 5.11 Å². The van der Waals surface area contributed by atoms with Crippen LogP contribution in [-0.4, -0.2) is 49.7 Å². The van der Waals surface area contributed by atoms with Gasteiger partial charge in [-0.05, 0) is 47.2 Å². The molecule has 0 atom stereocenters.